The Morgan fingerprint density at radius 2 is 1.93 bits per heavy atom. The average Bonchev–Trinajstić information content (AvgIpc) is 3.29. The van der Waals surface area contributed by atoms with Gasteiger partial charge >= 0.3 is 0 Å². The van der Waals surface area contributed by atoms with Gasteiger partial charge in [0.1, 0.15) is 0 Å². The van der Waals surface area contributed by atoms with Gasteiger partial charge in [-0.3, -0.25) is 9.89 Å². The molecule has 2 saturated heterocycles. The fourth-order valence-electron chi connectivity index (χ4n) is 4.14. The second-order valence-electron chi connectivity index (χ2n) is 7.74. The van der Waals surface area contributed by atoms with Gasteiger partial charge in [-0.1, -0.05) is 30.3 Å². The van der Waals surface area contributed by atoms with Crippen LogP contribution in [0.3, 0.4) is 0 Å². The zero-order chi connectivity index (χ0) is 18.2. The van der Waals surface area contributed by atoms with Crippen LogP contribution in [-0.4, -0.2) is 67.6 Å². The van der Waals surface area contributed by atoms with E-state index in [-0.39, 0.29) is 24.0 Å². The monoisotopic (exact) mass is 485 g/mol. The van der Waals surface area contributed by atoms with Crippen molar-refractivity contribution >= 4 is 29.9 Å². The van der Waals surface area contributed by atoms with E-state index in [1.54, 1.807) is 0 Å². The molecule has 1 aromatic carbocycles. The van der Waals surface area contributed by atoms with Crippen molar-refractivity contribution in [3.63, 3.8) is 0 Å². The summed E-state index contributed by atoms with van der Waals surface area (Å²) in [6, 6.07) is 11.8. The Labute approximate surface area is 182 Å². The number of rotatable bonds is 7. The molecule has 2 N–H and O–H groups in total. The molecule has 2 atom stereocenters. The van der Waals surface area contributed by atoms with Gasteiger partial charge in [0.05, 0.1) is 0 Å². The van der Waals surface area contributed by atoms with Gasteiger partial charge in [-0.25, -0.2) is 0 Å². The van der Waals surface area contributed by atoms with Crippen LogP contribution in [0, 0.1) is 0 Å². The van der Waals surface area contributed by atoms with E-state index in [4.69, 9.17) is 0 Å². The Bertz CT molecular complexity index is 559. The second-order valence-corrected chi connectivity index (χ2v) is 7.74. The highest BCUT2D eigenvalue weighted by Gasteiger charge is 2.29. The van der Waals surface area contributed by atoms with E-state index in [9.17, 15) is 0 Å². The van der Waals surface area contributed by atoms with Crippen molar-refractivity contribution in [3.8, 4) is 0 Å². The van der Waals surface area contributed by atoms with Crippen LogP contribution in [-0.2, 0) is 6.54 Å². The number of guanidine groups is 1. The van der Waals surface area contributed by atoms with E-state index in [1.807, 2.05) is 7.05 Å². The molecule has 2 aliphatic rings. The Morgan fingerprint density at radius 1 is 1.19 bits per heavy atom. The number of hydrogen-bond donors (Lipinski definition) is 2. The molecule has 152 valence electrons. The molecule has 0 spiro atoms. The number of halogens is 1. The van der Waals surface area contributed by atoms with E-state index >= 15 is 0 Å². The molecule has 2 heterocycles. The minimum atomic E-state index is 0. The number of hydrogen-bond acceptors (Lipinski definition) is 3. The van der Waals surface area contributed by atoms with E-state index in [1.165, 1.54) is 50.9 Å². The van der Waals surface area contributed by atoms with Crippen LogP contribution in [0.15, 0.2) is 35.3 Å². The number of nitrogens with zero attached hydrogens (tertiary/aromatic N) is 3. The first-order chi connectivity index (χ1) is 12.7. The molecule has 3 rings (SSSR count). The lowest BCUT2D eigenvalue weighted by Gasteiger charge is -2.21. The summed E-state index contributed by atoms with van der Waals surface area (Å²) in [6.07, 6.45) is 5.09. The third-order valence-corrected chi connectivity index (χ3v) is 5.64. The molecule has 2 fully saturated rings. The van der Waals surface area contributed by atoms with Crippen LogP contribution in [0.2, 0.25) is 0 Å². The fraction of sp³-hybridized carbons (Fsp3) is 0.667. The summed E-state index contributed by atoms with van der Waals surface area (Å²) in [5.74, 6) is 0.949. The Hall–Kier alpha value is -0.860. The van der Waals surface area contributed by atoms with Crippen LogP contribution < -0.4 is 10.6 Å². The molecule has 0 radical (unpaired) electrons. The summed E-state index contributed by atoms with van der Waals surface area (Å²) in [5, 5.41) is 7.12. The van der Waals surface area contributed by atoms with Crippen molar-refractivity contribution in [3.05, 3.63) is 35.9 Å². The molecular formula is C21H36IN5. The molecule has 0 saturated carbocycles. The third kappa shape index (κ3) is 7.23. The summed E-state index contributed by atoms with van der Waals surface area (Å²) >= 11 is 0. The summed E-state index contributed by atoms with van der Waals surface area (Å²) in [5.41, 5.74) is 1.39. The first-order valence-corrected chi connectivity index (χ1v) is 10.2. The second kappa shape index (κ2) is 11.9. The molecule has 1 aromatic rings. The first kappa shape index (κ1) is 22.4. The molecule has 0 bridgehead atoms. The fourth-order valence-corrected chi connectivity index (χ4v) is 4.14. The highest BCUT2D eigenvalue weighted by molar-refractivity contribution is 14.0. The maximum Gasteiger partial charge on any atom is 0.191 e. The zero-order valence-electron chi connectivity index (χ0n) is 16.9. The topological polar surface area (TPSA) is 42.9 Å². The lowest BCUT2D eigenvalue weighted by atomic mass is 10.2. The van der Waals surface area contributed by atoms with Crippen LogP contribution in [0.4, 0.5) is 0 Å². The van der Waals surface area contributed by atoms with Crippen LogP contribution in [0.1, 0.15) is 38.2 Å². The predicted molar refractivity (Wildman–Crippen MR) is 125 cm³/mol. The molecule has 0 aliphatic carbocycles. The molecule has 0 amide bonds. The highest BCUT2D eigenvalue weighted by atomic mass is 127. The van der Waals surface area contributed by atoms with Crippen molar-refractivity contribution in [2.75, 3.05) is 39.8 Å². The number of likely N-dealkylation sites (tertiary alicyclic amines) is 2. The smallest absolute Gasteiger partial charge is 0.191 e. The Morgan fingerprint density at radius 3 is 2.63 bits per heavy atom. The standard InChI is InChI=1S/C21H35N5.HI/c1-18-15-20(17-26(18)16-19-9-4-3-5-10-19)24-21(22-2)23-11-8-14-25-12-6-7-13-25;/h3-5,9-10,18,20H,6-8,11-17H2,1-2H3,(H2,22,23,24);1H. The molecular weight excluding hydrogens is 449 g/mol. The van der Waals surface area contributed by atoms with Gasteiger partial charge < -0.3 is 15.5 Å². The molecule has 2 aliphatic heterocycles. The maximum absolute atomic E-state index is 4.42. The largest absolute Gasteiger partial charge is 0.356 e. The van der Waals surface area contributed by atoms with Crippen molar-refractivity contribution in [1.29, 1.82) is 0 Å². The van der Waals surface area contributed by atoms with Crippen LogP contribution >= 0.6 is 24.0 Å². The molecule has 27 heavy (non-hydrogen) atoms. The normalized spacial score (nSPS) is 24.0. The zero-order valence-corrected chi connectivity index (χ0v) is 19.2. The number of nitrogens with one attached hydrogen (secondary N) is 2. The van der Waals surface area contributed by atoms with Gasteiger partial charge in [0, 0.05) is 38.8 Å². The SMILES string of the molecule is CN=C(NCCCN1CCCC1)NC1CC(C)N(Cc2ccccc2)C1.I. The van der Waals surface area contributed by atoms with Crippen molar-refractivity contribution < 1.29 is 0 Å². The number of aliphatic imine (C=N–C) groups is 1. The lowest BCUT2D eigenvalue weighted by molar-refractivity contribution is 0.258. The summed E-state index contributed by atoms with van der Waals surface area (Å²) in [7, 11) is 1.87. The summed E-state index contributed by atoms with van der Waals surface area (Å²) in [4.78, 5) is 9.55. The van der Waals surface area contributed by atoms with Gasteiger partial charge in [0.2, 0.25) is 0 Å². The molecule has 0 aromatic heterocycles. The van der Waals surface area contributed by atoms with E-state index in [2.05, 4.69) is 62.7 Å². The van der Waals surface area contributed by atoms with Crippen LogP contribution in [0.25, 0.3) is 0 Å². The van der Waals surface area contributed by atoms with Crippen molar-refractivity contribution in [1.82, 2.24) is 20.4 Å². The van der Waals surface area contributed by atoms with Gasteiger partial charge in [-0.15, -0.1) is 24.0 Å². The molecule has 6 heteroatoms. The van der Waals surface area contributed by atoms with E-state index in [0.29, 0.717) is 12.1 Å². The van der Waals surface area contributed by atoms with E-state index in [0.717, 1.165) is 25.6 Å². The van der Waals surface area contributed by atoms with Crippen LogP contribution in [0.5, 0.6) is 0 Å². The Balaban J connectivity index is 0.00000261. The van der Waals surface area contributed by atoms with Gasteiger partial charge in [-0.2, -0.15) is 0 Å². The predicted octanol–water partition coefficient (Wildman–Crippen LogP) is 2.92. The molecule has 2 unspecified atom stereocenters. The summed E-state index contributed by atoms with van der Waals surface area (Å²) < 4.78 is 0. The highest BCUT2D eigenvalue weighted by Crippen LogP contribution is 2.20. The van der Waals surface area contributed by atoms with Crippen molar-refractivity contribution in [2.45, 2.75) is 51.2 Å². The minimum Gasteiger partial charge on any atom is -0.356 e. The first-order valence-electron chi connectivity index (χ1n) is 10.2. The Kier molecular flexibility index (Phi) is 9.86. The quantitative estimate of drug-likeness (QED) is 0.270. The van der Waals surface area contributed by atoms with Gasteiger partial charge in [-0.05, 0) is 57.8 Å². The van der Waals surface area contributed by atoms with Gasteiger partial charge in [0.25, 0.3) is 0 Å². The molecule has 5 nitrogen and oxygen atoms in total. The minimum absolute atomic E-state index is 0. The average molecular weight is 485 g/mol. The van der Waals surface area contributed by atoms with E-state index < -0.39 is 0 Å². The number of benzene rings is 1. The lowest BCUT2D eigenvalue weighted by Crippen LogP contribution is -2.45. The third-order valence-electron chi connectivity index (χ3n) is 5.64. The summed E-state index contributed by atoms with van der Waals surface area (Å²) in [6.45, 7) is 9.19. The van der Waals surface area contributed by atoms with Gasteiger partial charge in [0.15, 0.2) is 5.96 Å². The maximum atomic E-state index is 4.42. The van der Waals surface area contributed by atoms with Crippen molar-refractivity contribution in [2.24, 2.45) is 4.99 Å².